The Morgan fingerprint density at radius 3 is 2.00 bits per heavy atom. The molecule has 3 aromatic carbocycles. The fraction of sp³-hybridized carbons (Fsp3) is 0.375. The van der Waals surface area contributed by atoms with Crippen LogP contribution in [-0.2, 0) is 26.2 Å². The lowest BCUT2D eigenvalue weighted by molar-refractivity contribution is -0.140. The number of carbonyl (C=O) groups is 2. The Morgan fingerprint density at radius 1 is 0.850 bits per heavy atom. The number of carbonyl (C=O) groups excluding carboxylic acids is 2. The third kappa shape index (κ3) is 7.50. The molecule has 214 valence electrons. The predicted molar refractivity (Wildman–Crippen MR) is 161 cm³/mol. The van der Waals surface area contributed by atoms with Crippen molar-refractivity contribution in [1.82, 2.24) is 10.2 Å². The first-order chi connectivity index (χ1) is 18.9. The van der Waals surface area contributed by atoms with Crippen molar-refractivity contribution in [3.8, 4) is 0 Å². The monoisotopic (exact) mass is 563 g/mol. The van der Waals surface area contributed by atoms with E-state index in [9.17, 15) is 18.0 Å². The Labute approximate surface area is 239 Å². The molecule has 1 N–H and O–H groups in total. The topological polar surface area (TPSA) is 86.8 Å². The van der Waals surface area contributed by atoms with E-state index in [2.05, 4.69) is 19.2 Å². The van der Waals surface area contributed by atoms with Gasteiger partial charge in [0, 0.05) is 12.6 Å². The van der Waals surface area contributed by atoms with Crippen LogP contribution in [-0.4, -0.2) is 43.8 Å². The molecular formula is C32H41N3O4S. The Morgan fingerprint density at radius 2 is 1.45 bits per heavy atom. The van der Waals surface area contributed by atoms with Gasteiger partial charge in [-0.05, 0) is 74.1 Å². The summed E-state index contributed by atoms with van der Waals surface area (Å²) in [5.41, 5.74) is 3.32. The van der Waals surface area contributed by atoms with Crippen LogP contribution < -0.4 is 9.62 Å². The van der Waals surface area contributed by atoms with E-state index < -0.39 is 28.5 Å². The van der Waals surface area contributed by atoms with E-state index in [1.165, 1.54) is 17.0 Å². The summed E-state index contributed by atoms with van der Waals surface area (Å²) < 4.78 is 29.0. The second kappa shape index (κ2) is 13.6. The van der Waals surface area contributed by atoms with Gasteiger partial charge in [0.2, 0.25) is 11.8 Å². The Balaban J connectivity index is 2.07. The zero-order valence-electron chi connectivity index (χ0n) is 24.3. The number of nitrogens with one attached hydrogen (secondary N) is 1. The third-order valence-electron chi connectivity index (χ3n) is 6.88. The van der Waals surface area contributed by atoms with Gasteiger partial charge in [0.25, 0.3) is 10.0 Å². The van der Waals surface area contributed by atoms with Crippen LogP contribution >= 0.6 is 0 Å². The molecule has 7 nitrogen and oxygen atoms in total. The Bertz CT molecular complexity index is 1390. The number of hydrogen-bond acceptors (Lipinski definition) is 4. The van der Waals surface area contributed by atoms with Gasteiger partial charge in [-0.1, -0.05) is 75.4 Å². The van der Waals surface area contributed by atoms with Gasteiger partial charge in [-0.2, -0.15) is 0 Å². The molecule has 0 radical (unpaired) electrons. The molecule has 0 saturated heterocycles. The number of rotatable bonds is 12. The molecule has 3 rings (SSSR count). The minimum Gasteiger partial charge on any atom is -0.352 e. The number of hydrogen-bond donors (Lipinski definition) is 1. The number of anilines is 1. The average Bonchev–Trinajstić information content (AvgIpc) is 2.92. The number of benzene rings is 3. The standard InChI is InChI=1S/C32H41N3O4S/c1-7-30(32(37)33-24(4)5)34(21-27-14-12-11-13-25(27)6)31(36)22-35(28-19-17-26(18-20-28)23(2)3)40(38,39)29-15-9-8-10-16-29/h8-20,23-24,30H,7,21-22H2,1-6H3,(H,33,37)/t30-/m0/s1. The van der Waals surface area contributed by atoms with Crippen LogP contribution in [0.3, 0.4) is 0 Å². The zero-order chi connectivity index (χ0) is 29.4. The quantitative estimate of drug-likeness (QED) is 0.309. The summed E-state index contributed by atoms with van der Waals surface area (Å²) in [6.45, 7) is 11.4. The van der Waals surface area contributed by atoms with Gasteiger partial charge in [0.15, 0.2) is 0 Å². The summed E-state index contributed by atoms with van der Waals surface area (Å²) in [6.07, 6.45) is 0.380. The van der Waals surface area contributed by atoms with Crippen LogP contribution in [0.5, 0.6) is 0 Å². The highest BCUT2D eigenvalue weighted by molar-refractivity contribution is 7.92. The molecule has 0 spiro atoms. The van der Waals surface area contributed by atoms with Gasteiger partial charge in [-0.15, -0.1) is 0 Å². The lowest BCUT2D eigenvalue weighted by Crippen LogP contribution is -2.53. The van der Waals surface area contributed by atoms with Crippen LogP contribution in [0, 0.1) is 6.92 Å². The van der Waals surface area contributed by atoms with E-state index in [1.807, 2.05) is 64.1 Å². The molecule has 1 atom stereocenters. The molecule has 0 aliphatic rings. The fourth-order valence-electron chi connectivity index (χ4n) is 4.55. The highest BCUT2D eigenvalue weighted by Crippen LogP contribution is 2.27. The Kier molecular flexibility index (Phi) is 10.5. The van der Waals surface area contributed by atoms with Crippen molar-refractivity contribution in [3.05, 3.63) is 95.6 Å². The summed E-state index contributed by atoms with van der Waals surface area (Å²) in [5, 5.41) is 2.92. The van der Waals surface area contributed by atoms with E-state index in [4.69, 9.17) is 0 Å². The first-order valence-corrected chi connectivity index (χ1v) is 15.2. The van der Waals surface area contributed by atoms with Crippen LogP contribution in [0.25, 0.3) is 0 Å². The van der Waals surface area contributed by atoms with Crippen molar-refractivity contribution in [2.75, 3.05) is 10.8 Å². The van der Waals surface area contributed by atoms with E-state index in [0.29, 0.717) is 12.1 Å². The molecule has 40 heavy (non-hydrogen) atoms. The SMILES string of the molecule is CC[C@@H](C(=O)NC(C)C)N(Cc1ccccc1C)C(=O)CN(c1ccc(C(C)C)cc1)S(=O)(=O)c1ccccc1. The van der Waals surface area contributed by atoms with Crippen molar-refractivity contribution in [1.29, 1.82) is 0 Å². The maximum Gasteiger partial charge on any atom is 0.264 e. The zero-order valence-corrected chi connectivity index (χ0v) is 25.1. The van der Waals surface area contributed by atoms with Crippen LogP contribution in [0.4, 0.5) is 5.69 Å². The molecule has 8 heteroatoms. The molecule has 0 aliphatic carbocycles. The summed E-state index contributed by atoms with van der Waals surface area (Å²) in [6, 6.07) is 22.1. The van der Waals surface area contributed by atoms with Crippen molar-refractivity contribution in [3.63, 3.8) is 0 Å². The molecule has 0 heterocycles. The maximum absolute atomic E-state index is 14.1. The molecule has 0 bridgehead atoms. The molecule has 0 aliphatic heterocycles. The third-order valence-corrected chi connectivity index (χ3v) is 8.66. The summed E-state index contributed by atoms with van der Waals surface area (Å²) in [7, 11) is -4.08. The molecule has 3 aromatic rings. The second-order valence-corrected chi connectivity index (χ2v) is 12.5. The maximum atomic E-state index is 14.1. The minimum atomic E-state index is -4.08. The summed E-state index contributed by atoms with van der Waals surface area (Å²) in [4.78, 5) is 29.0. The smallest absolute Gasteiger partial charge is 0.264 e. The normalized spacial score (nSPS) is 12.3. The molecule has 2 amide bonds. The first-order valence-electron chi connectivity index (χ1n) is 13.8. The lowest BCUT2D eigenvalue weighted by atomic mass is 10.0. The van der Waals surface area contributed by atoms with Gasteiger partial charge < -0.3 is 10.2 Å². The van der Waals surface area contributed by atoms with Crippen molar-refractivity contribution in [2.45, 2.75) is 77.4 Å². The number of nitrogens with zero attached hydrogens (tertiary/aromatic N) is 2. The number of amides is 2. The van der Waals surface area contributed by atoms with Crippen molar-refractivity contribution in [2.24, 2.45) is 0 Å². The first kappa shape index (κ1) is 30.9. The minimum absolute atomic E-state index is 0.0887. The summed E-state index contributed by atoms with van der Waals surface area (Å²) in [5.74, 6) is -0.455. The lowest BCUT2D eigenvalue weighted by Gasteiger charge is -2.34. The van der Waals surface area contributed by atoms with Crippen LogP contribution in [0.15, 0.2) is 83.8 Å². The fourth-order valence-corrected chi connectivity index (χ4v) is 5.98. The predicted octanol–water partition coefficient (Wildman–Crippen LogP) is 5.65. The summed E-state index contributed by atoms with van der Waals surface area (Å²) >= 11 is 0. The molecule has 0 saturated carbocycles. The van der Waals surface area contributed by atoms with Gasteiger partial charge in [-0.25, -0.2) is 8.42 Å². The Hall–Kier alpha value is -3.65. The van der Waals surface area contributed by atoms with E-state index >= 15 is 0 Å². The van der Waals surface area contributed by atoms with Gasteiger partial charge in [0.1, 0.15) is 12.6 Å². The van der Waals surface area contributed by atoms with Crippen LogP contribution in [0.1, 0.15) is 63.6 Å². The second-order valence-electron chi connectivity index (χ2n) is 10.6. The highest BCUT2D eigenvalue weighted by atomic mass is 32.2. The molecule has 0 aromatic heterocycles. The highest BCUT2D eigenvalue weighted by Gasteiger charge is 2.34. The molecular weight excluding hydrogens is 522 g/mol. The van der Waals surface area contributed by atoms with E-state index in [-0.39, 0.29) is 29.3 Å². The molecule has 0 fully saturated rings. The van der Waals surface area contributed by atoms with Crippen molar-refractivity contribution < 1.29 is 18.0 Å². The van der Waals surface area contributed by atoms with Crippen molar-refractivity contribution >= 4 is 27.5 Å². The van der Waals surface area contributed by atoms with Gasteiger partial charge in [0.05, 0.1) is 10.6 Å². The average molecular weight is 564 g/mol. The van der Waals surface area contributed by atoms with Gasteiger partial charge in [-0.3, -0.25) is 13.9 Å². The van der Waals surface area contributed by atoms with E-state index in [0.717, 1.165) is 21.0 Å². The van der Waals surface area contributed by atoms with Crippen LogP contribution in [0.2, 0.25) is 0 Å². The molecule has 0 unspecified atom stereocenters. The number of sulfonamides is 1. The van der Waals surface area contributed by atoms with E-state index in [1.54, 1.807) is 30.3 Å². The largest absolute Gasteiger partial charge is 0.352 e. The van der Waals surface area contributed by atoms with Gasteiger partial charge >= 0.3 is 0 Å². The number of aryl methyl sites for hydroxylation is 1.